The van der Waals surface area contributed by atoms with Gasteiger partial charge in [-0.3, -0.25) is 4.90 Å². The van der Waals surface area contributed by atoms with Crippen molar-refractivity contribution in [2.45, 2.75) is 57.2 Å². The van der Waals surface area contributed by atoms with Crippen molar-refractivity contribution >= 4 is 0 Å². The summed E-state index contributed by atoms with van der Waals surface area (Å²) in [7, 11) is 0. The summed E-state index contributed by atoms with van der Waals surface area (Å²) >= 11 is 0. The molecule has 0 aromatic heterocycles. The van der Waals surface area contributed by atoms with Gasteiger partial charge in [-0.2, -0.15) is 0 Å². The number of aliphatic hydroxyl groups is 1. The van der Waals surface area contributed by atoms with Crippen LogP contribution in [0.15, 0.2) is 0 Å². The zero-order valence-corrected chi connectivity index (χ0v) is 8.08. The zero-order valence-electron chi connectivity index (χ0n) is 8.08. The summed E-state index contributed by atoms with van der Waals surface area (Å²) in [5, 5.41) is 9.47. The van der Waals surface area contributed by atoms with Crippen LogP contribution in [0.3, 0.4) is 0 Å². The third kappa shape index (κ3) is 1.01. The van der Waals surface area contributed by atoms with E-state index in [2.05, 4.69) is 11.8 Å². The van der Waals surface area contributed by atoms with Crippen molar-refractivity contribution in [3.63, 3.8) is 0 Å². The molecule has 0 amide bonds. The number of nitrogens with zero attached hydrogens (tertiary/aromatic N) is 1. The summed E-state index contributed by atoms with van der Waals surface area (Å²) in [6.45, 7) is 5.24. The van der Waals surface area contributed by atoms with E-state index >= 15 is 0 Å². The Labute approximate surface area is 74.6 Å². The second-order valence-corrected chi connectivity index (χ2v) is 4.50. The van der Waals surface area contributed by atoms with E-state index in [1.165, 1.54) is 32.2 Å². The molecule has 0 aromatic rings. The van der Waals surface area contributed by atoms with Crippen LogP contribution in [0.2, 0.25) is 0 Å². The Hall–Kier alpha value is -0.0800. The molecule has 70 valence electrons. The molecule has 1 N–H and O–H groups in total. The lowest BCUT2D eigenvalue weighted by Gasteiger charge is -2.61. The van der Waals surface area contributed by atoms with Gasteiger partial charge in [0.05, 0.1) is 6.10 Å². The van der Waals surface area contributed by atoms with Gasteiger partial charge in [0.1, 0.15) is 0 Å². The highest BCUT2D eigenvalue weighted by Crippen LogP contribution is 2.48. The largest absolute Gasteiger partial charge is 0.392 e. The third-order valence-electron chi connectivity index (χ3n) is 3.90. The van der Waals surface area contributed by atoms with Crippen LogP contribution < -0.4 is 0 Å². The Morgan fingerprint density at radius 3 is 2.17 bits per heavy atom. The minimum Gasteiger partial charge on any atom is -0.392 e. The van der Waals surface area contributed by atoms with Crippen molar-refractivity contribution < 1.29 is 5.11 Å². The highest BCUT2D eigenvalue weighted by molar-refractivity contribution is 5.07. The molecule has 2 unspecified atom stereocenters. The van der Waals surface area contributed by atoms with Gasteiger partial charge in [0.2, 0.25) is 0 Å². The standard InChI is InChI=1S/C10H19NO/c1-8(9(2)12)11-7-6-10(11)4-3-5-10/h8-9,12H,3-7H2,1-2H3. The molecule has 1 saturated carbocycles. The first-order valence-electron chi connectivity index (χ1n) is 5.10. The Kier molecular flexibility index (Phi) is 1.92. The molecule has 2 atom stereocenters. The van der Waals surface area contributed by atoms with E-state index in [0.29, 0.717) is 11.6 Å². The number of likely N-dealkylation sites (tertiary alicyclic amines) is 1. The third-order valence-corrected chi connectivity index (χ3v) is 3.90. The molecule has 2 fully saturated rings. The van der Waals surface area contributed by atoms with Crippen LogP contribution in [0.25, 0.3) is 0 Å². The topological polar surface area (TPSA) is 23.5 Å². The molecule has 1 spiro atoms. The maximum Gasteiger partial charge on any atom is 0.0664 e. The van der Waals surface area contributed by atoms with Crippen molar-refractivity contribution in [2.24, 2.45) is 0 Å². The number of rotatable bonds is 2. The molecule has 2 aliphatic rings. The second-order valence-electron chi connectivity index (χ2n) is 4.50. The first kappa shape index (κ1) is 8.52. The van der Waals surface area contributed by atoms with Crippen LogP contribution in [0.1, 0.15) is 39.5 Å². The minimum absolute atomic E-state index is 0.178. The molecule has 1 aliphatic carbocycles. The molecule has 1 saturated heterocycles. The van der Waals surface area contributed by atoms with Gasteiger partial charge in [-0.05, 0) is 39.5 Å². The molecule has 1 aliphatic heterocycles. The van der Waals surface area contributed by atoms with Crippen LogP contribution in [-0.4, -0.2) is 34.2 Å². The zero-order chi connectivity index (χ0) is 8.77. The fourth-order valence-electron chi connectivity index (χ4n) is 2.58. The van der Waals surface area contributed by atoms with Gasteiger partial charge in [0, 0.05) is 18.1 Å². The van der Waals surface area contributed by atoms with Crippen LogP contribution >= 0.6 is 0 Å². The molecule has 2 rings (SSSR count). The monoisotopic (exact) mass is 169 g/mol. The number of hydrogen-bond acceptors (Lipinski definition) is 2. The Morgan fingerprint density at radius 1 is 1.25 bits per heavy atom. The molecule has 12 heavy (non-hydrogen) atoms. The average Bonchev–Trinajstić information content (AvgIpc) is 1.81. The highest BCUT2D eigenvalue weighted by atomic mass is 16.3. The quantitative estimate of drug-likeness (QED) is 0.675. The fourth-order valence-corrected chi connectivity index (χ4v) is 2.58. The number of aliphatic hydroxyl groups excluding tert-OH is 1. The van der Waals surface area contributed by atoms with Crippen molar-refractivity contribution in [3.8, 4) is 0 Å². The van der Waals surface area contributed by atoms with Crippen LogP contribution in [0, 0.1) is 0 Å². The predicted octanol–water partition coefficient (Wildman–Crippen LogP) is 1.38. The average molecular weight is 169 g/mol. The lowest BCUT2D eigenvalue weighted by molar-refractivity contribution is -0.120. The molecule has 2 nitrogen and oxygen atoms in total. The van der Waals surface area contributed by atoms with Crippen LogP contribution in [0.5, 0.6) is 0 Å². The maximum absolute atomic E-state index is 9.47. The van der Waals surface area contributed by atoms with Gasteiger partial charge in [0.25, 0.3) is 0 Å². The van der Waals surface area contributed by atoms with E-state index in [4.69, 9.17) is 0 Å². The van der Waals surface area contributed by atoms with Crippen molar-refractivity contribution in [1.82, 2.24) is 4.90 Å². The van der Waals surface area contributed by atoms with Crippen molar-refractivity contribution in [1.29, 1.82) is 0 Å². The lowest BCUT2D eigenvalue weighted by atomic mass is 9.67. The summed E-state index contributed by atoms with van der Waals surface area (Å²) in [5.41, 5.74) is 0.538. The van der Waals surface area contributed by atoms with E-state index in [1.54, 1.807) is 0 Å². The highest BCUT2D eigenvalue weighted by Gasteiger charge is 2.50. The first-order valence-corrected chi connectivity index (χ1v) is 5.10. The maximum atomic E-state index is 9.47. The Bertz CT molecular complexity index is 169. The first-order chi connectivity index (χ1) is 5.66. The van der Waals surface area contributed by atoms with Gasteiger partial charge in [-0.25, -0.2) is 0 Å². The SMILES string of the molecule is CC(O)C(C)N1CCC12CCC2. The minimum atomic E-state index is -0.178. The molecular weight excluding hydrogens is 150 g/mol. The second kappa shape index (κ2) is 2.71. The Morgan fingerprint density at radius 2 is 1.92 bits per heavy atom. The summed E-state index contributed by atoms with van der Waals surface area (Å²) in [6.07, 6.45) is 5.31. The fraction of sp³-hybridized carbons (Fsp3) is 1.00. The number of hydrogen-bond donors (Lipinski definition) is 1. The van der Waals surface area contributed by atoms with E-state index < -0.39 is 0 Å². The van der Waals surface area contributed by atoms with Crippen molar-refractivity contribution in [3.05, 3.63) is 0 Å². The normalized spacial score (nSPS) is 32.2. The molecule has 1 heterocycles. The summed E-state index contributed by atoms with van der Waals surface area (Å²) in [5.74, 6) is 0. The van der Waals surface area contributed by atoms with Gasteiger partial charge in [0.15, 0.2) is 0 Å². The van der Waals surface area contributed by atoms with E-state index in [9.17, 15) is 5.11 Å². The van der Waals surface area contributed by atoms with Gasteiger partial charge in [-0.1, -0.05) is 0 Å². The smallest absolute Gasteiger partial charge is 0.0664 e. The Balaban J connectivity index is 1.96. The predicted molar refractivity (Wildman–Crippen MR) is 49.0 cm³/mol. The van der Waals surface area contributed by atoms with E-state index in [1.807, 2.05) is 6.92 Å². The molecular formula is C10H19NO. The van der Waals surface area contributed by atoms with Gasteiger partial charge >= 0.3 is 0 Å². The molecule has 0 radical (unpaired) electrons. The van der Waals surface area contributed by atoms with Crippen LogP contribution in [0.4, 0.5) is 0 Å². The molecule has 2 heteroatoms. The lowest BCUT2D eigenvalue weighted by Crippen LogP contribution is -2.67. The summed E-state index contributed by atoms with van der Waals surface area (Å²) in [4.78, 5) is 2.50. The van der Waals surface area contributed by atoms with E-state index in [-0.39, 0.29) is 6.10 Å². The van der Waals surface area contributed by atoms with Gasteiger partial charge < -0.3 is 5.11 Å². The summed E-state index contributed by atoms with van der Waals surface area (Å²) in [6, 6.07) is 0.360. The molecule has 0 aromatic carbocycles. The van der Waals surface area contributed by atoms with Crippen molar-refractivity contribution in [2.75, 3.05) is 6.54 Å². The molecule has 0 bridgehead atoms. The van der Waals surface area contributed by atoms with E-state index in [0.717, 1.165) is 0 Å². The van der Waals surface area contributed by atoms with Gasteiger partial charge in [-0.15, -0.1) is 0 Å². The van der Waals surface area contributed by atoms with Crippen LogP contribution in [-0.2, 0) is 0 Å². The summed E-state index contributed by atoms with van der Waals surface area (Å²) < 4.78 is 0.